The summed E-state index contributed by atoms with van der Waals surface area (Å²) in [5.74, 6) is 0.420. The summed E-state index contributed by atoms with van der Waals surface area (Å²) in [5.41, 5.74) is 1.72. The Labute approximate surface area is 140 Å². The fourth-order valence-electron chi connectivity index (χ4n) is 1.84. The molecule has 0 saturated heterocycles. The molecule has 0 amide bonds. The van der Waals surface area contributed by atoms with E-state index in [1.54, 1.807) is 24.3 Å². The van der Waals surface area contributed by atoms with E-state index in [1.807, 2.05) is 18.2 Å². The van der Waals surface area contributed by atoms with Crippen LogP contribution < -0.4 is 4.72 Å². The van der Waals surface area contributed by atoms with Gasteiger partial charge in [-0.3, -0.25) is 9.00 Å². The lowest BCUT2D eigenvalue weighted by Gasteiger charge is -2.14. The predicted molar refractivity (Wildman–Crippen MR) is 90.0 cm³/mol. The van der Waals surface area contributed by atoms with Crippen LogP contribution in [0.25, 0.3) is 0 Å². The molecule has 0 aliphatic carbocycles. The van der Waals surface area contributed by atoms with E-state index in [9.17, 15) is 13.6 Å². The second-order valence-corrected chi connectivity index (χ2v) is 6.58. The molecule has 1 N–H and O–H groups in total. The summed E-state index contributed by atoms with van der Waals surface area (Å²) in [5, 5.41) is 0.636. The number of halogens is 1. The SMILES string of the molecule is CC(=O)c1ccc(NS(=O)[O-])c(CSc2ccccc2Cl)c1. The van der Waals surface area contributed by atoms with Gasteiger partial charge in [0.05, 0.1) is 5.02 Å². The third-order valence-corrected chi connectivity index (χ3v) is 4.88. The summed E-state index contributed by atoms with van der Waals surface area (Å²) in [6.45, 7) is 1.47. The molecule has 4 nitrogen and oxygen atoms in total. The molecule has 0 aliphatic rings. The molecular formula is C15H13ClNO3S2-. The first kappa shape index (κ1) is 17.0. The Bertz CT molecular complexity index is 722. The third-order valence-electron chi connectivity index (χ3n) is 2.92. The van der Waals surface area contributed by atoms with Gasteiger partial charge in [-0.25, -0.2) is 0 Å². The highest BCUT2D eigenvalue weighted by atomic mass is 35.5. The van der Waals surface area contributed by atoms with Gasteiger partial charge in [0.25, 0.3) is 0 Å². The lowest BCUT2D eigenvalue weighted by Crippen LogP contribution is -2.06. The summed E-state index contributed by atoms with van der Waals surface area (Å²) >= 11 is 5.17. The number of Topliss-reactive ketones (excluding diaryl/α,β-unsaturated/α-hetero) is 1. The van der Waals surface area contributed by atoms with Crippen LogP contribution in [0, 0.1) is 0 Å². The highest BCUT2D eigenvalue weighted by molar-refractivity contribution is 7.98. The lowest BCUT2D eigenvalue weighted by molar-refractivity contribution is 0.101. The fraction of sp³-hybridized carbons (Fsp3) is 0.133. The molecule has 2 rings (SSSR count). The summed E-state index contributed by atoms with van der Waals surface area (Å²) in [6, 6.07) is 12.3. The van der Waals surface area contributed by atoms with Crippen LogP contribution in [0.4, 0.5) is 5.69 Å². The monoisotopic (exact) mass is 354 g/mol. The molecule has 0 bridgehead atoms. The van der Waals surface area contributed by atoms with Crippen LogP contribution in [-0.4, -0.2) is 14.5 Å². The maximum atomic E-state index is 11.5. The topological polar surface area (TPSA) is 69.2 Å². The van der Waals surface area contributed by atoms with Crippen LogP contribution in [-0.2, 0) is 17.0 Å². The van der Waals surface area contributed by atoms with Crippen LogP contribution in [0.5, 0.6) is 0 Å². The third kappa shape index (κ3) is 4.58. The van der Waals surface area contributed by atoms with Gasteiger partial charge in [-0.1, -0.05) is 23.7 Å². The Morgan fingerprint density at radius 3 is 2.68 bits per heavy atom. The number of rotatable bonds is 6. The highest BCUT2D eigenvalue weighted by Gasteiger charge is 2.09. The van der Waals surface area contributed by atoms with Crippen molar-refractivity contribution in [2.24, 2.45) is 0 Å². The van der Waals surface area contributed by atoms with Gasteiger partial charge in [0.15, 0.2) is 5.78 Å². The van der Waals surface area contributed by atoms with E-state index in [-0.39, 0.29) is 5.78 Å². The molecule has 7 heteroatoms. The minimum absolute atomic E-state index is 0.0706. The second-order valence-electron chi connectivity index (χ2n) is 4.48. The van der Waals surface area contributed by atoms with E-state index in [2.05, 4.69) is 4.72 Å². The van der Waals surface area contributed by atoms with Crippen molar-refractivity contribution in [2.75, 3.05) is 4.72 Å². The van der Waals surface area contributed by atoms with Gasteiger partial charge in [-0.2, -0.15) is 0 Å². The summed E-state index contributed by atoms with van der Waals surface area (Å²) in [6.07, 6.45) is 0. The van der Waals surface area contributed by atoms with Crippen molar-refractivity contribution in [1.29, 1.82) is 0 Å². The van der Waals surface area contributed by atoms with Crippen LogP contribution in [0.15, 0.2) is 47.4 Å². The van der Waals surface area contributed by atoms with Crippen molar-refractivity contribution < 1.29 is 13.6 Å². The maximum Gasteiger partial charge on any atom is 0.159 e. The number of carbonyl (C=O) groups is 1. The van der Waals surface area contributed by atoms with Crippen molar-refractivity contribution in [3.63, 3.8) is 0 Å². The zero-order valence-corrected chi connectivity index (χ0v) is 14.1. The lowest BCUT2D eigenvalue weighted by atomic mass is 10.1. The maximum absolute atomic E-state index is 11.5. The number of carbonyl (C=O) groups excluding carboxylic acids is 1. The molecule has 2 aromatic carbocycles. The van der Waals surface area contributed by atoms with Gasteiger partial charge in [0.1, 0.15) is 0 Å². The average molecular weight is 355 g/mol. The van der Waals surface area contributed by atoms with Crippen LogP contribution in [0.2, 0.25) is 5.02 Å². The average Bonchev–Trinajstić information content (AvgIpc) is 2.47. The molecule has 0 radical (unpaired) electrons. The van der Waals surface area contributed by atoms with Crippen LogP contribution in [0.1, 0.15) is 22.8 Å². The molecule has 1 unspecified atom stereocenters. The van der Waals surface area contributed by atoms with Crippen molar-refractivity contribution >= 4 is 46.1 Å². The quantitative estimate of drug-likeness (QED) is 0.483. The van der Waals surface area contributed by atoms with Crippen LogP contribution >= 0.6 is 23.4 Å². The van der Waals surface area contributed by atoms with Crippen molar-refractivity contribution in [3.8, 4) is 0 Å². The standard InChI is InChI=1S/C15H14ClNO3S2/c1-10(18)11-6-7-14(17-22(19)20)12(8-11)9-21-15-5-3-2-4-13(15)16/h2-8,17H,9H2,1H3,(H,19,20)/p-1. The molecule has 0 heterocycles. The number of thioether (sulfide) groups is 1. The van der Waals surface area contributed by atoms with Gasteiger partial charge < -0.3 is 9.27 Å². The minimum Gasteiger partial charge on any atom is -0.755 e. The number of hydrogen-bond acceptors (Lipinski definition) is 4. The van der Waals surface area contributed by atoms with E-state index in [1.165, 1.54) is 18.7 Å². The Morgan fingerprint density at radius 2 is 2.05 bits per heavy atom. The number of ketones is 1. The molecule has 22 heavy (non-hydrogen) atoms. The van der Waals surface area contributed by atoms with Crippen molar-refractivity contribution in [2.45, 2.75) is 17.6 Å². The zero-order valence-electron chi connectivity index (χ0n) is 11.7. The highest BCUT2D eigenvalue weighted by Crippen LogP contribution is 2.32. The van der Waals surface area contributed by atoms with Gasteiger partial charge in [0, 0.05) is 33.2 Å². The first-order valence-corrected chi connectivity index (χ1v) is 8.78. The van der Waals surface area contributed by atoms with E-state index in [0.29, 0.717) is 22.0 Å². The Kier molecular flexibility index (Phi) is 6.02. The largest absolute Gasteiger partial charge is 0.755 e. The molecule has 116 valence electrons. The Hall–Kier alpha value is -1.34. The molecule has 2 aromatic rings. The predicted octanol–water partition coefficient (Wildman–Crippen LogP) is 4.04. The van der Waals surface area contributed by atoms with Gasteiger partial charge >= 0.3 is 0 Å². The van der Waals surface area contributed by atoms with E-state index in [0.717, 1.165) is 10.5 Å². The van der Waals surface area contributed by atoms with E-state index >= 15 is 0 Å². The molecule has 0 aliphatic heterocycles. The second kappa shape index (κ2) is 7.78. The summed E-state index contributed by atoms with van der Waals surface area (Å²) < 4.78 is 24.1. The van der Waals surface area contributed by atoms with Crippen molar-refractivity contribution in [1.82, 2.24) is 0 Å². The van der Waals surface area contributed by atoms with E-state index in [4.69, 9.17) is 11.6 Å². The van der Waals surface area contributed by atoms with Crippen molar-refractivity contribution in [3.05, 3.63) is 58.6 Å². The summed E-state index contributed by atoms with van der Waals surface area (Å²) in [7, 11) is 0. The number of hydrogen-bond donors (Lipinski definition) is 1. The number of anilines is 1. The molecule has 0 spiro atoms. The van der Waals surface area contributed by atoms with E-state index < -0.39 is 11.3 Å². The Morgan fingerprint density at radius 1 is 1.32 bits per heavy atom. The van der Waals surface area contributed by atoms with Crippen LogP contribution in [0.3, 0.4) is 0 Å². The molecule has 1 atom stereocenters. The normalized spacial score (nSPS) is 12.0. The van der Waals surface area contributed by atoms with Gasteiger partial charge in [-0.15, -0.1) is 11.8 Å². The molecule has 0 fully saturated rings. The van der Waals surface area contributed by atoms with Gasteiger partial charge in [-0.05, 0) is 42.8 Å². The summed E-state index contributed by atoms with van der Waals surface area (Å²) in [4.78, 5) is 12.4. The molecule has 0 saturated carbocycles. The minimum atomic E-state index is -2.42. The number of nitrogens with one attached hydrogen (secondary N) is 1. The number of benzene rings is 2. The van der Waals surface area contributed by atoms with Gasteiger partial charge in [0.2, 0.25) is 0 Å². The first-order chi connectivity index (χ1) is 10.5. The molecular weight excluding hydrogens is 342 g/mol. The fourth-order valence-corrected chi connectivity index (χ4v) is 3.45. The molecule has 0 aromatic heterocycles. The zero-order chi connectivity index (χ0) is 16.1. The Balaban J connectivity index is 2.26. The smallest absolute Gasteiger partial charge is 0.159 e. The first-order valence-electron chi connectivity index (χ1n) is 6.34.